The van der Waals surface area contributed by atoms with E-state index in [-0.39, 0.29) is 18.9 Å². The van der Waals surface area contributed by atoms with E-state index in [2.05, 4.69) is 17.0 Å². The molecular weight excluding hydrogens is 250 g/mol. The van der Waals surface area contributed by atoms with Crippen molar-refractivity contribution in [2.24, 2.45) is 0 Å². The molecule has 19 heavy (non-hydrogen) atoms. The van der Waals surface area contributed by atoms with E-state index in [1.54, 1.807) is 0 Å². The van der Waals surface area contributed by atoms with Gasteiger partial charge in [-0.15, -0.1) is 0 Å². The van der Waals surface area contributed by atoms with E-state index in [1.807, 2.05) is 0 Å². The Labute approximate surface area is 111 Å². The Morgan fingerprint density at radius 3 is 2.53 bits per heavy atom. The Hall–Kier alpha value is -1.85. The van der Waals surface area contributed by atoms with Crippen LogP contribution in [0.5, 0.6) is 0 Å². The van der Waals surface area contributed by atoms with E-state index < -0.39 is 18.0 Å². The summed E-state index contributed by atoms with van der Waals surface area (Å²) in [6.07, 6.45) is 7.41. The Morgan fingerprint density at radius 2 is 1.79 bits per heavy atom. The standard InChI is InChI=1S/C13H17NO5/c15-11-8-9-12(16)14(11)19-13(17)18-10-6-4-2-1-3-5-7-10/h1-2,10H,3-9H2/b2-1-/t10-/m1/s1. The molecule has 0 spiro atoms. The molecule has 1 aliphatic carbocycles. The van der Waals surface area contributed by atoms with Crippen LogP contribution in [0.3, 0.4) is 0 Å². The lowest BCUT2D eigenvalue weighted by atomic mass is 10.0. The number of carbonyl (C=O) groups excluding carboxylic acids is 3. The fraction of sp³-hybridized carbons (Fsp3) is 0.615. The topological polar surface area (TPSA) is 72.9 Å². The Kier molecular flexibility index (Phi) is 4.54. The second kappa shape index (κ2) is 6.36. The van der Waals surface area contributed by atoms with Gasteiger partial charge < -0.3 is 4.74 Å². The van der Waals surface area contributed by atoms with Gasteiger partial charge >= 0.3 is 6.16 Å². The van der Waals surface area contributed by atoms with E-state index in [9.17, 15) is 14.4 Å². The van der Waals surface area contributed by atoms with Crippen LogP contribution in [0.15, 0.2) is 12.2 Å². The van der Waals surface area contributed by atoms with E-state index in [0.717, 1.165) is 32.1 Å². The molecule has 0 radical (unpaired) electrons. The fourth-order valence-electron chi connectivity index (χ4n) is 2.13. The van der Waals surface area contributed by atoms with Crippen molar-refractivity contribution in [2.45, 2.75) is 51.0 Å². The molecule has 0 N–H and O–H groups in total. The van der Waals surface area contributed by atoms with Crippen LogP contribution in [0.2, 0.25) is 0 Å². The molecule has 0 aromatic rings. The molecule has 0 bridgehead atoms. The minimum Gasteiger partial charge on any atom is -0.429 e. The van der Waals surface area contributed by atoms with Crippen molar-refractivity contribution in [3.05, 3.63) is 12.2 Å². The maximum absolute atomic E-state index is 11.5. The number of amides is 2. The lowest BCUT2D eigenvalue weighted by Crippen LogP contribution is -2.33. The van der Waals surface area contributed by atoms with Gasteiger partial charge in [0, 0.05) is 12.8 Å². The van der Waals surface area contributed by atoms with Gasteiger partial charge in [-0.05, 0) is 32.1 Å². The summed E-state index contributed by atoms with van der Waals surface area (Å²) in [5.41, 5.74) is 0. The second-order valence-corrected chi connectivity index (χ2v) is 4.64. The summed E-state index contributed by atoms with van der Waals surface area (Å²) < 4.78 is 5.14. The molecule has 2 aliphatic rings. The molecule has 6 heteroatoms. The van der Waals surface area contributed by atoms with E-state index in [4.69, 9.17) is 4.74 Å². The van der Waals surface area contributed by atoms with Crippen molar-refractivity contribution < 1.29 is 24.0 Å². The molecule has 2 rings (SSSR count). The monoisotopic (exact) mass is 267 g/mol. The largest absolute Gasteiger partial charge is 0.534 e. The van der Waals surface area contributed by atoms with Gasteiger partial charge in [0.25, 0.3) is 11.8 Å². The lowest BCUT2D eigenvalue weighted by Gasteiger charge is -2.19. The second-order valence-electron chi connectivity index (χ2n) is 4.64. The molecule has 1 fully saturated rings. The highest BCUT2D eigenvalue weighted by molar-refractivity contribution is 6.01. The molecule has 0 aromatic heterocycles. The number of carbonyl (C=O) groups is 3. The molecule has 0 unspecified atom stereocenters. The maximum Gasteiger partial charge on any atom is 0.534 e. The average Bonchev–Trinajstić information content (AvgIpc) is 2.64. The predicted octanol–water partition coefficient (Wildman–Crippen LogP) is 2.09. The van der Waals surface area contributed by atoms with Gasteiger partial charge in [-0.2, -0.15) is 0 Å². The number of nitrogens with zero attached hydrogens (tertiary/aromatic N) is 1. The fourth-order valence-corrected chi connectivity index (χ4v) is 2.13. The number of hydrogen-bond donors (Lipinski definition) is 0. The molecule has 2 amide bonds. The van der Waals surface area contributed by atoms with Crippen LogP contribution >= 0.6 is 0 Å². The first-order valence-corrected chi connectivity index (χ1v) is 6.56. The van der Waals surface area contributed by atoms with Crippen molar-refractivity contribution in [1.82, 2.24) is 5.06 Å². The first kappa shape index (κ1) is 13.6. The molecule has 6 nitrogen and oxygen atoms in total. The number of rotatable bonds is 2. The predicted molar refractivity (Wildman–Crippen MR) is 64.7 cm³/mol. The average molecular weight is 267 g/mol. The normalized spacial score (nSPS) is 25.7. The summed E-state index contributed by atoms with van der Waals surface area (Å²) in [6, 6.07) is 0. The first-order chi connectivity index (χ1) is 9.16. The molecular formula is C13H17NO5. The number of imide groups is 1. The maximum atomic E-state index is 11.5. The summed E-state index contributed by atoms with van der Waals surface area (Å²) in [5.74, 6) is -0.995. The van der Waals surface area contributed by atoms with Gasteiger partial charge in [-0.3, -0.25) is 14.4 Å². The zero-order valence-electron chi connectivity index (χ0n) is 10.7. The third kappa shape index (κ3) is 3.81. The van der Waals surface area contributed by atoms with E-state index in [1.165, 1.54) is 0 Å². The van der Waals surface area contributed by atoms with Gasteiger partial charge in [0.1, 0.15) is 6.10 Å². The number of hydrogen-bond acceptors (Lipinski definition) is 5. The molecule has 0 aromatic carbocycles. The minimum absolute atomic E-state index is 0.0837. The van der Waals surface area contributed by atoms with Crippen molar-refractivity contribution in [3.63, 3.8) is 0 Å². The van der Waals surface area contributed by atoms with Gasteiger partial charge in [-0.1, -0.05) is 17.2 Å². The van der Waals surface area contributed by atoms with Crippen LogP contribution in [-0.4, -0.2) is 29.1 Å². The van der Waals surface area contributed by atoms with Crippen LogP contribution in [-0.2, 0) is 19.2 Å². The van der Waals surface area contributed by atoms with Crippen LogP contribution in [0, 0.1) is 0 Å². The van der Waals surface area contributed by atoms with Crippen LogP contribution in [0.25, 0.3) is 0 Å². The summed E-state index contributed by atoms with van der Waals surface area (Å²) in [6.45, 7) is 0. The van der Waals surface area contributed by atoms with Gasteiger partial charge in [0.05, 0.1) is 0 Å². The third-order valence-corrected chi connectivity index (χ3v) is 3.15. The number of ether oxygens (including phenoxy) is 1. The van der Waals surface area contributed by atoms with Crippen LogP contribution in [0.1, 0.15) is 44.9 Å². The molecule has 104 valence electrons. The third-order valence-electron chi connectivity index (χ3n) is 3.15. The number of allylic oxidation sites excluding steroid dienone is 2. The molecule has 1 aliphatic heterocycles. The van der Waals surface area contributed by atoms with Gasteiger partial charge in [-0.25, -0.2) is 4.79 Å². The van der Waals surface area contributed by atoms with Crippen molar-refractivity contribution in [1.29, 1.82) is 0 Å². The SMILES string of the molecule is O=C(O[C@@H]1CC/C=C\CCC1)ON1C(=O)CCC1=O. The highest BCUT2D eigenvalue weighted by atomic mass is 16.8. The summed E-state index contributed by atoms with van der Waals surface area (Å²) in [4.78, 5) is 38.8. The quantitative estimate of drug-likeness (QED) is 0.435. The lowest BCUT2D eigenvalue weighted by molar-refractivity contribution is -0.178. The summed E-state index contributed by atoms with van der Waals surface area (Å²) in [7, 11) is 0. The smallest absolute Gasteiger partial charge is 0.429 e. The summed E-state index contributed by atoms with van der Waals surface area (Å²) >= 11 is 0. The Balaban J connectivity index is 1.81. The first-order valence-electron chi connectivity index (χ1n) is 6.56. The van der Waals surface area contributed by atoms with E-state index in [0.29, 0.717) is 5.06 Å². The van der Waals surface area contributed by atoms with Crippen molar-refractivity contribution in [2.75, 3.05) is 0 Å². The molecule has 1 saturated heterocycles. The molecule has 0 saturated carbocycles. The highest BCUT2D eigenvalue weighted by Gasteiger charge is 2.33. The van der Waals surface area contributed by atoms with Crippen molar-refractivity contribution >= 4 is 18.0 Å². The zero-order valence-corrected chi connectivity index (χ0v) is 10.7. The van der Waals surface area contributed by atoms with Crippen LogP contribution in [0.4, 0.5) is 4.79 Å². The van der Waals surface area contributed by atoms with Gasteiger partial charge in [0.15, 0.2) is 0 Å². The Bertz CT molecular complexity index is 388. The van der Waals surface area contributed by atoms with Crippen LogP contribution < -0.4 is 0 Å². The van der Waals surface area contributed by atoms with Gasteiger partial charge in [0.2, 0.25) is 0 Å². The highest BCUT2D eigenvalue weighted by Crippen LogP contribution is 2.18. The van der Waals surface area contributed by atoms with Crippen molar-refractivity contribution in [3.8, 4) is 0 Å². The zero-order chi connectivity index (χ0) is 13.7. The number of hydroxylamine groups is 2. The van der Waals surface area contributed by atoms with E-state index >= 15 is 0 Å². The molecule has 1 atom stereocenters. The summed E-state index contributed by atoms with van der Waals surface area (Å²) in [5, 5.41) is 0.505. The molecule has 1 heterocycles. The Morgan fingerprint density at radius 1 is 1.11 bits per heavy atom. The minimum atomic E-state index is -0.974.